The third-order valence-electron chi connectivity index (χ3n) is 3.13. The Morgan fingerprint density at radius 1 is 1.22 bits per heavy atom. The molecule has 1 N–H and O–H groups in total. The molecular weight excluding hydrogens is 241 g/mol. The highest BCUT2D eigenvalue weighted by Gasteiger charge is 2.29. The van der Waals surface area contributed by atoms with E-state index in [1.807, 2.05) is 30.3 Å². The van der Waals surface area contributed by atoms with Gasteiger partial charge in [0.25, 0.3) is 0 Å². The molecule has 0 radical (unpaired) electrons. The van der Waals surface area contributed by atoms with Crippen LogP contribution in [0, 0.1) is 0 Å². The number of halogens is 3. The molecule has 100 valence electrons. The summed E-state index contributed by atoms with van der Waals surface area (Å²) in [5.74, 6) is 0. The topological polar surface area (TPSA) is 15.3 Å². The summed E-state index contributed by atoms with van der Waals surface area (Å²) in [6, 6.07) is 9.73. The Labute approximate surface area is 105 Å². The minimum atomic E-state index is -4.13. The predicted molar refractivity (Wildman–Crippen MR) is 65.7 cm³/mol. The summed E-state index contributed by atoms with van der Waals surface area (Å²) in [7, 11) is 0. The molecule has 2 nitrogen and oxygen atoms in total. The van der Waals surface area contributed by atoms with Gasteiger partial charge in [0, 0.05) is 24.8 Å². The number of alkyl halides is 3. The minimum Gasteiger partial charge on any atom is -0.370 e. The Balaban J connectivity index is 1.89. The second kappa shape index (κ2) is 5.61. The van der Waals surface area contributed by atoms with Crippen molar-refractivity contribution in [1.29, 1.82) is 0 Å². The maximum absolute atomic E-state index is 12.2. The van der Waals surface area contributed by atoms with E-state index in [2.05, 4.69) is 10.2 Å². The fourth-order valence-electron chi connectivity index (χ4n) is 2.28. The highest BCUT2D eigenvalue weighted by Crippen LogP contribution is 2.20. The van der Waals surface area contributed by atoms with Crippen LogP contribution in [0.2, 0.25) is 0 Å². The van der Waals surface area contributed by atoms with Crippen molar-refractivity contribution in [3.05, 3.63) is 30.3 Å². The lowest BCUT2D eigenvalue weighted by molar-refractivity contribution is -0.126. The molecule has 0 aromatic heterocycles. The Kier molecular flexibility index (Phi) is 4.11. The van der Waals surface area contributed by atoms with Crippen LogP contribution in [0.25, 0.3) is 0 Å². The second-order valence-electron chi connectivity index (χ2n) is 4.62. The normalized spacial score (nSPS) is 21.1. The molecule has 0 bridgehead atoms. The van der Waals surface area contributed by atoms with Gasteiger partial charge in [0.2, 0.25) is 0 Å². The number of para-hydroxylation sites is 1. The van der Waals surface area contributed by atoms with E-state index in [1.54, 1.807) is 0 Å². The van der Waals surface area contributed by atoms with E-state index >= 15 is 0 Å². The average molecular weight is 258 g/mol. The number of rotatable bonds is 3. The zero-order chi connectivity index (χ0) is 13.0. The van der Waals surface area contributed by atoms with Gasteiger partial charge in [-0.15, -0.1) is 0 Å². The molecule has 0 amide bonds. The molecule has 1 aliphatic rings. The number of anilines is 1. The number of benzene rings is 1. The number of piperidine rings is 1. The summed E-state index contributed by atoms with van der Waals surface area (Å²) in [4.78, 5) is 2.14. The molecule has 0 saturated carbocycles. The van der Waals surface area contributed by atoms with Crippen LogP contribution in [0.5, 0.6) is 0 Å². The zero-order valence-corrected chi connectivity index (χ0v) is 10.1. The van der Waals surface area contributed by atoms with E-state index in [0.29, 0.717) is 6.54 Å². The SMILES string of the molecule is FC(F)(F)CNC1CCCN(c2ccccc2)C1. The first-order valence-electron chi connectivity index (χ1n) is 6.15. The number of hydrogen-bond acceptors (Lipinski definition) is 2. The van der Waals surface area contributed by atoms with Crippen LogP contribution >= 0.6 is 0 Å². The summed E-state index contributed by atoms with van der Waals surface area (Å²) < 4.78 is 36.5. The molecule has 1 saturated heterocycles. The van der Waals surface area contributed by atoms with Crippen LogP contribution in [0.15, 0.2) is 30.3 Å². The molecule has 1 fully saturated rings. The van der Waals surface area contributed by atoms with Gasteiger partial charge in [0.1, 0.15) is 0 Å². The van der Waals surface area contributed by atoms with E-state index in [-0.39, 0.29) is 6.04 Å². The lowest BCUT2D eigenvalue weighted by Gasteiger charge is -2.35. The summed E-state index contributed by atoms with van der Waals surface area (Å²) in [5, 5.41) is 2.59. The summed E-state index contributed by atoms with van der Waals surface area (Å²) in [6.45, 7) is 0.647. The highest BCUT2D eigenvalue weighted by atomic mass is 19.4. The third kappa shape index (κ3) is 3.91. The molecule has 1 atom stereocenters. The van der Waals surface area contributed by atoms with Crippen LogP contribution in [-0.2, 0) is 0 Å². The fraction of sp³-hybridized carbons (Fsp3) is 0.538. The van der Waals surface area contributed by atoms with Gasteiger partial charge in [0.15, 0.2) is 0 Å². The third-order valence-corrected chi connectivity index (χ3v) is 3.13. The molecule has 5 heteroatoms. The van der Waals surface area contributed by atoms with E-state index < -0.39 is 12.7 Å². The van der Waals surface area contributed by atoms with Crippen molar-refractivity contribution in [2.24, 2.45) is 0 Å². The number of hydrogen-bond donors (Lipinski definition) is 1. The Bertz CT molecular complexity index is 364. The molecule has 1 aromatic carbocycles. The van der Waals surface area contributed by atoms with Gasteiger partial charge in [0.05, 0.1) is 6.54 Å². The molecule has 2 rings (SSSR count). The minimum absolute atomic E-state index is 0.0828. The van der Waals surface area contributed by atoms with Gasteiger partial charge in [-0.2, -0.15) is 13.2 Å². The van der Waals surface area contributed by atoms with Crippen LogP contribution in [0.4, 0.5) is 18.9 Å². The largest absolute Gasteiger partial charge is 0.401 e. The van der Waals surface area contributed by atoms with Crippen molar-refractivity contribution >= 4 is 5.69 Å². The van der Waals surface area contributed by atoms with Crippen LogP contribution in [-0.4, -0.2) is 31.9 Å². The first kappa shape index (κ1) is 13.2. The van der Waals surface area contributed by atoms with Gasteiger partial charge in [-0.05, 0) is 25.0 Å². The van der Waals surface area contributed by atoms with Crippen molar-refractivity contribution < 1.29 is 13.2 Å². The van der Waals surface area contributed by atoms with E-state index in [4.69, 9.17) is 0 Å². The van der Waals surface area contributed by atoms with Gasteiger partial charge in [-0.25, -0.2) is 0 Å². The number of nitrogens with zero attached hydrogens (tertiary/aromatic N) is 1. The fourth-order valence-corrected chi connectivity index (χ4v) is 2.28. The van der Waals surface area contributed by atoms with Crippen LogP contribution in [0.1, 0.15) is 12.8 Å². The molecule has 18 heavy (non-hydrogen) atoms. The van der Waals surface area contributed by atoms with Crippen molar-refractivity contribution in [2.45, 2.75) is 25.1 Å². The van der Waals surface area contributed by atoms with Gasteiger partial charge >= 0.3 is 6.18 Å². The smallest absolute Gasteiger partial charge is 0.370 e. The Morgan fingerprint density at radius 2 is 1.94 bits per heavy atom. The molecule has 1 heterocycles. The quantitative estimate of drug-likeness (QED) is 0.897. The molecule has 1 aromatic rings. The van der Waals surface area contributed by atoms with Crippen molar-refractivity contribution in [3.63, 3.8) is 0 Å². The first-order chi connectivity index (χ1) is 8.54. The lowest BCUT2D eigenvalue weighted by atomic mass is 10.0. The van der Waals surface area contributed by atoms with Crippen LogP contribution in [0.3, 0.4) is 0 Å². The summed E-state index contributed by atoms with van der Waals surface area (Å²) in [5.41, 5.74) is 1.08. The summed E-state index contributed by atoms with van der Waals surface area (Å²) >= 11 is 0. The molecule has 1 unspecified atom stereocenters. The molecule has 0 spiro atoms. The monoisotopic (exact) mass is 258 g/mol. The van der Waals surface area contributed by atoms with Gasteiger partial charge < -0.3 is 10.2 Å². The van der Waals surface area contributed by atoms with Crippen molar-refractivity contribution in [2.75, 3.05) is 24.5 Å². The maximum Gasteiger partial charge on any atom is 0.401 e. The average Bonchev–Trinajstić information content (AvgIpc) is 2.37. The molecule has 1 aliphatic heterocycles. The highest BCUT2D eigenvalue weighted by molar-refractivity contribution is 5.46. The number of nitrogens with one attached hydrogen (secondary N) is 1. The summed E-state index contributed by atoms with van der Waals surface area (Å²) in [6.07, 6.45) is -2.40. The molecule has 0 aliphatic carbocycles. The Morgan fingerprint density at radius 3 is 2.61 bits per heavy atom. The van der Waals surface area contributed by atoms with Gasteiger partial charge in [-0.3, -0.25) is 0 Å². The van der Waals surface area contributed by atoms with Gasteiger partial charge in [-0.1, -0.05) is 18.2 Å². The van der Waals surface area contributed by atoms with Crippen molar-refractivity contribution in [1.82, 2.24) is 5.32 Å². The second-order valence-corrected chi connectivity index (χ2v) is 4.62. The predicted octanol–water partition coefficient (Wildman–Crippen LogP) is 2.81. The zero-order valence-electron chi connectivity index (χ0n) is 10.1. The first-order valence-corrected chi connectivity index (χ1v) is 6.15. The lowest BCUT2D eigenvalue weighted by Crippen LogP contribution is -2.48. The van der Waals surface area contributed by atoms with E-state index in [9.17, 15) is 13.2 Å². The standard InChI is InChI=1S/C13H17F3N2/c14-13(15,16)10-17-11-5-4-8-18(9-11)12-6-2-1-3-7-12/h1-3,6-7,11,17H,4-5,8-10H2. The molecular formula is C13H17F3N2. The van der Waals surface area contributed by atoms with Crippen molar-refractivity contribution in [3.8, 4) is 0 Å². The van der Waals surface area contributed by atoms with Crippen LogP contribution < -0.4 is 10.2 Å². The Hall–Kier alpha value is -1.23. The van der Waals surface area contributed by atoms with E-state index in [1.165, 1.54) is 0 Å². The maximum atomic E-state index is 12.2. The van der Waals surface area contributed by atoms with E-state index in [0.717, 1.165) is 25.1 Å².